The average molecular weight is 267 g/mol. The normalized spacial score (nSPS) is 30.2. The second kappa shape index (κ2) is 4.39. The summed E-state index contributed by atoms with van der Waals surface area (Å²) in [6.45, 7) is 9.98. The average Bonchev–Trinajstić information content (AvgIpc) is 2.78. The Morgan fingerprint density at radius 3 is 2.37 bits per heavy atom. The summed E-state index contributed by atoms with van der Waals surface area (Å²) in [4.78, 5) is 14.5. The third-order valence-electron chi connectivity index (χ3n) is 5.53. The topological polar surface area (TPSA) is 78.9 Å². The molecule has 5 nitrogen and oxygen atoms in total. The Hall–Kier alpha value is -1.26. The number of carbonyl (C=O) groups excluding carboxylic acids is 1. The zero-order chi connectivity index (χ0) is 14.4. The summed E-state index contributed by atoms with van der Waals surface area (Å²) in [6, 6.07) is 0. The van der Waals surface area contributed by atoms with Crippen molar-refractivity contribution in [2.45, 2.75) is 40.5 Å². The minimum atomic E-state index is -0.00678. The van der Waals surface area contributed by atoms with E-state index < -0.39 is 0 Å². The molecule has 0 bridgehead atoms. The number of oxime groups is 1. The number of carbonyl (C=O) groups is 1. The molecule has 1 aliphatic heterocycles. The minimum absolute atomic E-state index is 0.00678. The van der Waals surface area contributed by atoms with Crippen LogP contribution < -0.4 is 5.73 Å². The Bertz CT molecular complexity index is 401. The second-order valence-corrected chi connectivity index (χ2v) is 7.02. The maximum absolute atomic E-state index is 12.6. The van der Waals surface area contributed by atoms with Crippen LogP contribution in [0.15, 0.2) is 5.16 Å². The largest absolute Gasteiger partial charge is 0.409 e. The van der Waals surface area contributed by atoms with Crippen molar-refractivity contribution in [1.82, 2.24) is 4.90 Å². The van der Waals surface area contributed by atoms with Gasteiger partial charge in [0.2, 0.25) is 5.91 Å². The Balaban J connectivity index is 2.05. The number of amidine groups is 1. The fourth-order valence-corrected chi connectivity index (χ4v) is 3.50. The van der Waals surface area contributed by atoms with Crippen LogP contribution in [0.2, 0.25) is 0 Å². The number of nitrogens with two attached hydrogens (primary N) is 1. The summed E-state index contributed by atoms with van der Waals surface area (Å²) >= 11 is 0. The lowest BCUT2D eigenvalue weighted by molar-refractivity contribution is -0.135. The molecule has 1 saturated heterocycles. The van der Waals surface area contributed by atoms with Crippen molar-refractivity contribution >= 4 is 11.7 Å². The van der Waals surface area contributed by atoms with E-state index in [0.29, 0.717) is 6.54 Å². The van der Waals surface area contributed by atoms with Gasteiger partial charge in [0.05, 0.1) is 0 Å². The molecule has 1 saturated carbocycles. The van der Waals surface area contributed by atoms with Gasteiger partial charge in [-0.15, -0.1) is 0 Å². The molecule has 1 heterocycles. The Labute approximate surface area is 114 Å². The first kappa shape index (κ1) is 14.2. The first-order valence-corrected chi connectivity index (χ1v) is 6.99. The van der Waals surface area contributed by atoms with E-state index in [1.165, 1.54) is 0 Å². The number of piperidine rings is 1. The van der Waals surface area contributed by atoms with Crippen LogP contribution in [-0.4, -0.2) is 34.9 Å². The van der Waals surface area contributed by atoms with Gasteiger partial charge in [0.15, 0.2) is 0 Å². The lowest BCUT2D eigenvalue weighted by Crippen LogP contribution is -2.45. The quantitative estimate of drug-likeness (QED) is 0.345. The molecule has 2 rings (SSSR count). The Morgan fingerprint density at radius 2 is 1.89 bits per heavy atom. The van der Waals surface area contributed by atoms with Gasteiger partial charge in [-0.1, -0.05) is 32.9 Å². The van der Waals surface area contributed by atoms with E-state index in [-0.39, 0.29) is 34.4 Å². The summed E-state index contributed by atoms with van der Waals surface area (Å²) in [5, 5.41) is 11.8. The standard InChI is InChI=1S/C14H25N3O2/c1-13(2)10(14(13,3)4)12(18)17-7-5-6-9(8-17)11(15)16-19/h9-10,19H,5-8H2,1-4H3,(H2,15,16). The summed E-state index contributed by atoms with van der Waals surface area (Å²) in [7, 11) is 0. The third kappa shape index (κ3) is 2.09. The molecule has 0 aromatic heterocycles. The number of hydrogen-bond acceptors (Lipinski definition) is 3. The second-order valence-electron chi connectivity index (χ2n) is 7.02. The monoisotopic (exact) mass is 267 g/mol. The van der Waals surface area contributed by atoms with Gasteiger partial charge in [0.1, 0.15) is 5.84 Å². The third-order valence-corrected chi connectivity index (χ3v) is 5.53. The van der Waals surface area contributed by atoms with Crippen LogP contribution in [0, 0.1) is 22.7 Å². The van der Waals surface area contributed by atoms with Gasteiger partial charge in [-0.05, 0) is 23.7 Å². The number of amides is 1. The van der Waals surface area contributed by atoms with Crippen LogP contribution >= 0.6 is 0 Å². The highest BCUT2D eigenvalue weighted by molar-refractivity contribution is 5.86. The van der Waals surface area contributed by atoms with Gasteiger partial charge < -0.3 is 15.8 Å². The van der Waals surface area contributed by atoms with E-state index >= 15 is 0 Å². The summed E-state index contributed by atoms with van der Waals surface area (Å²) < 4.78 is 0. The lowest BCUT2D eigenvalue weighted by atomic mass is 9.96. The molecular weight excluding hydrogens is 242 g/mol. The molecular formula is C14H25N3O2. The van der Waals surface area contributed by atoms with Crippen LogP contribution in [0.5, 0.6) is 0 Å². The van der Waals surface area contributed by atoms with Gasteiger partial charge in [0, 0.05) is 24.9 Å². The molecule has 1 atom stereocenters. The van der Waals surface area contributed by atoms with Crippen LogP contribution in [0.25, 0.3) is 0 Å². The van der Waals surface area contributed by atoms with Gasteiger partial charge in [0.25, 0.3) is 0 Å². The molecule has 1 aliphatic carbocycles. The van der Waals surface area contributed by atoms with E-state index in [2.05, 4.69) is 32.9 Å². The van der Waals surface area contributed by atoms with Crippen molar-refractivity contribution in [2.24, 2.45) is 33.6 Å². The first-order chi connectivity index (χ1) is 8.73. The van der Waals surface area contributed by atoms with Gasteiger partial charge >= 0.3 is 0 Å². The van der Waals surface area contributed by atoms with Crippen LogP contribution in [0.1, 0.15) is 40.5 Å². The molecule has 2 fully saturated rings. The van der Waals surface area contributed by atoms with E-state index in [1.54, 1.807) is 0 Å². The van der Waals surface area contributed by atoms with Crippen molar-refractivity contribution in [2.75, 3.05) is 13.1 Å². The SMILES string of the molecule is CC1(C)C(C(=O)N2CCCC(C(N)=NO)C2)C1(C)C. The molecule has 108 valence electrons. The molecule has 1 amide bonds. The number of hydrogen-bond donors (Lipinski definition) is 2. The zero-order valence-electron chi connectivity index (χ0n) is 12.3. The van der Waals surface area contributed by atoms with Gasteiger partial charge in [-0.25, -0.2) is 0 Å². The first-order valence-electron chi connectivity index (χ1n) is 6.99. The fraction of sp³-hybridized carbons (Fsp3) is 0.857. The van der Waals surface area contributed by atoms with Crippen LogP contribution in [0.3, 0.4) is 0 Å². The van der Waals surface area contributed by atoms with E-state index in [9.17, 15) is 4.79 Å². The maximum Gasteiger partial charge on any atom is 0.226 e. The summed E-state index contributed by atoms with van der Waals surface area (Å²) in [5.74, 6) is 0.552. The van der Waals surface area contributed by atoms with Crippen LogP contribution in [-0.2, 0) is 4.79 Å². The number of rotatable bonds is 2. The smallest absolute Gasteiger partial charge is 0.226 e. The highest BCUT2D eigenvalue weighted by Crippen LogP contribution is 2.68. The molecule has 3 N–H and O–H groups in total. The molecule has 19 heavy (non-hydrogen) atoms. The Kier molecular flexibility index (Phi) is 3.27. The van der Waals surface area contributed by atoms with Crippen molar-refractivity contribution < 1.29 is 10.0 Å². The van der Waals surface area contributed by atoms with Gasteiger partial charge in [-0.3, -0.25) is 4.79 Å². The van der Waals surface area contributed by atoms with E-state index in [1.807, 2.05) is 4.90 Å². The van der Waals surface area contributed by atoms with Crippen LogP contribution in [0.4, 0.5) is 0 Å². The van der Waals surface area contributed by atoms with Gasteiger partial charge in [-0.2, -0.15) is 0 Å². The zero-order valence-corrected chi connectivity index (χ0v) is 12.3. The molecule has 1 unspecified atom stereocenters. The molecule has 0 aromatic rings. The van der Waals surface area contributed by atoms with Crippen molar-refractivity contribution in [3.05, 3.63) is 0 Å². The predicted octanol–water partition coefficient (Wildman–Crippen LogP) is 1.65. The van der Waals surface area contributed by atoms with Crippen molar-refractivity contribution in [3.63, 3.8) is 0 Å². The number of nitrogens with zero attached hydrogens (tertiary/aromatic N) is 2. The summed E-state index contributed by atoms with van der Waals surface area (Å²) in [6.07, 6.45) is 1.80. The predicted molar refractivity (Wildman–Crippen MR) is 73.8 cm³/mol. The molecule has 0 spiro atoms. The molecule has 2 aliphatic rings. The maximum atomic E-state index is 12.6. The minimum Gasteiger partial charge on any atom is -0.409 e. The molecule has 5 heteroatoms. The molecule has 0 radical (unpaired) electrons. The highest BCUT2D eigenvalue weighted by Gasteiger charge is 2.68. The number of likely N-dealkylation sites (tertiary alicyclic amines) is 1. The highest BCUT2D eigenvalue weighted by atomic mass is 16.4. The van der Waals surface area contributed by atoms with Crippen molar-refractivity contribution in [3.8, 4) is 0 Å². The summed E-state index contributed by atoms with van der Waals surface area (Å²) in [5.41, 5.74) is 5.80. The lowest BCUT2D eigenvalue weighted by Gasteiger charge is -2.32. The van der Waals surface area contributed by atoms with Crippen molar-refractivity contribution in [1.29, 1.82) is 0 Å². The Morgan fingerprint density at radius 1 is 1.32 bits per heavy atom. The fourth-order valence-electron chi connectivity index (χ4n) is 3.50. The molecule has 0 aromatic carbocycles. The van der Waals surface area contributed by atoms with E-state index in [4.69, 9.17) is 10.9 Å². The van der Waals surface area contributed by atoms with E-state index in [0.717, 1.165) is 19.4 Å².